The lowest BCUT2D eigenvalue weighted by molar-refractivity contribution is -0.139. The third-order valence-corrected chi connectivity index (χ3v) is 3.50. The van der Waals surface area contributed by atoms with E-state index in [4.69, 9.17) is 9.84 Å². The van der Waals surface area contributed by atoms with Crippen LogP contribution in [0.1, 0.15) is 37.0 Å². The fourth-order valence-corrected chi connectivity index (χ4v) is 2.02. The number of anilines is 1. The summed E-state index contributed by atoms with van der Waals surface area (Å²) in [5.41, 5.74) is 1.76. The normalized spacial score (nSPS) is 11.2. The second-order valence-corrected chi connectivity index (χ2v) is 6.46. The number of nitrogens with one attached hydrogen (secondary N) is 1. The molecular weight excluding hydrogens is 310 g/mol. The molecule has 0 spiro atoms. The molecule has 7 nitrogen and oxygen atoms in total. The molecule has 1 aromatic heterocycles. The van der Waals surface area contributed by atoms with E-state index in [1.165, 1.54) is 4.90 Å². The van der Waals surface area contributed by atoms with Crippen molar-refractivity contribution < 1.29 is 19.4 Å². The Bertz CT molecular complexity index is 729. The summed E-state index contributed by atoms with van der Waals surface area (Å²) < 4.78 is 5.07. The molecule has 0 unspecified atom stereocenters. The minimum absolute atomic E-state index is 0.118. The average molecular weight is 331 g/mol. The number of carboxylic acid groups (broad SMARTS) is 1. The molecule has 24 heavy (non-hydrogen) atoms. The first-order chi connectivity index (χ1) is 11.2. The number of aromatic amines is 1. The third kappa shape index (κ3) is 4.13. The summed E-state index contributed by atoms with van der Waals surface area (Å²) in [6.45, 7) is 5.70. The topological polar surface area (TPSA) is 95.5 Å². The fourth-order valence-electron chi connectivity index (χ4n) is 2.02. The van der Waals surface area contributed by atoms with Gasteiger partial charge in [0.2, 0.25) is 0 Å². The molecule has 2 rings (SSSR count). The monoisotopic (exact) mass is 331 g/mol. The molecule has 128 valence electrons. The van der Waals surface area contributed by atoms with Crippen molar-refractivity contribution in [1.82, 2.24) is 10.2 Å². The quantitative estimate of drug-likeness (QED) is 0.877. The molecule has 0 atom stereocenters. The van der Waals surface area contributed by atoms with Gasteiger partial charge in [0.1, 0.15) is 5.75 Å². The van der Waals surface area contributed by atoms with Crippen LogP contribution in [-0.2, 0) is 10.2 Å². The summed E-state index contributed by atoms with van der Waals surface area (Å²) >= 11 is 0. The van der Waals surface area contributed by atoms with Gasteiger partial charge >= 0.3 is 5.97 Å². The molecule has 0 saturated carbocycles. The van der Waals surface area contributed by atoms with Crippen molar-refractivity contribution in [3.63, 3.8) is 0 Å². The van der Waals surface area contributed by atoms with E-state index < -0.39 is 12.6 Å². The van der Waals surface area contributed by atoms with Crippen LogP contribution in [0, 0.1) is 0 Å². The minimum atomic E-state index is -1.04. The second-order valence-electron chi connectivity index (χ2n) is 6.46. The van der Waals surface area contributed by atoms with E-state index >= 15 is 0 Å². The van der Waals surface area contributed by atoms with Gasteiger partial charge in [-0.15, -0.1) is 0 Å². The summed E-state index contributed by atoms with van der Waals surface area (Å²) in [5.74, 6) is -0.850. The predicted molar refractivity (Wildman–Crippen MR) is 89.6 cm³/mol. The van der Waals surface area contributed by atoms with Crippen molar-refractivity contribution in [2.24, 2.45) is 0 Å². The zero-order chi connectivity index (χ0) is 17.9. The van der Waals surface area contributed by atoms with Crippen LogP contribution < -0.4 is 9.64 Å². The lowest BCUT2D eigenvalue weighted by atomic mass is 9.92. The molecule has 0 aliphatic carbocycles. The number of hydrogen-bond donors (Lipinski definition) is 2. The number of hydrogen-bond acceptors (Lipinski definition) is 4. The fraction of sp³-hybridized carbons (Fsp3) is 0.353. The average Bonchev–Trinajstić information content (AvgIpc) is 3.02. The SMILES string of the molecule is CN(C(=O)c1cc(C(C)(C)C)[nH]n1)c1ccc(OCC(=O)O)cc1. The first kappa shape index (κ1) is 17.5. The number of aliphatic carboxylic acids is 1. The molecular formula is C17H21N3O4. The summed E-state index contributed by atoms with van der Waals surface area (Å²) in [6.07, 6.45) is 0. The van der Waals surface area contributed by atoms with Crippen LogP contribution in [0.25, 0.3) is 0 Å². The van der Waals surface area contributed by atoms with E-state index in [2.05, 4.69) is 10.2 Å². The third-order valence-electron chi connectivity index (χ3n) is 3.50. The number of amides is 1. The molecule has 2 aromatic rings. The summed E-state index contributed by atoms with van der Waals surface area (Å²) in [4.78, 5) is 24.5. The number of carboxylic acids is 1. The van der Waals surface area contributed by atoms with Crippen LogP contribution in [0.5, 0.6) is 5.75 Å². The van der Waals surface area contributed by atoms with Crippen molar-refractivity contribution in [2.75, 3.05) is 18.6 Å². The number of rotatable bonds is 5. The van der Waals surface area contributed by atoms with Gasteiger partial charge in [0.15, 0.2) is 12.3 Å². The maximum atomic E-state index is 12.5. The van der Waals surface area contributed by atoms with Crippen LogP contribution in [0.3, 0.4) is 0 Å². The highest BCUT2D eigenvalue weighted by atomic mass is 16.5. The van der Waals surface area contributed by atoms with Crippen LogP contribution in [0.4, 0.5) is 5.69 Å². The lowest BCUT2D eigenvalue weighted by Crippen LogP contribution is -2.26. The number of H-pyrrole nitrogens is 1. The van der Waals surface area contributed by atoms with Gasteiger partial charge in [-0.05, 0) is 30.3 Å². The molecule has 1 heterocycles. The van der Waals surface area contributed by atoms with Crippen LogP contribution >= 0.6 is 0 Å². The zero-order valence-corrected chi connectivity index (χ0v) is 14.2. The minimum Gasteiger partial charge on any atom is -0.482 e. The highest BCUT2D eigenvalue weighted by molar-refractivity contribution is 6.04. The van der Waals surface area contributed by atoms with Crippen LogP contribution in [0.15, 0.2) is 30.3 Å². The van der Waals surface area contributed by atoms with Gasteiger partial charge in [0, 0.05) is 23.8 Å². The van der Waals surface area contributed by atoms with E-state index in [0.717, 1.165) is 5.69 Å². The first-order valence-corrected chi connectivity index (χ1v) is 7.47. The summed E-state index contributed by atoms with van der Waals surface area (Å²) in [7, 11) is 1.65. The van der Waals surface area contributed by atoms with E-state index in [-0.39, 0.29) is 11.3 Å². The van der Waals surface area contributed by atoms with Crippen molar-refractivity contribution in [1.29, 1.82) is 0 Å². The van der Waals surface area contributed by atoms with Gasteiger partial charge in [-0.3, -0.25) is 9.89 Å². The molecule has 1 amide bonds. The Morgan fingerprint density at radius 3 is 2.38 bits per heavy atom. The van der Waals surface area contributed by atoms with Crippen LogP contribution in [-0.4, -0.2) is 40.8 Å². The Kier molecular flexibility index (Phi) is 4.92. The summed E-state index contributed by atoms with van der Waals surface area (Å²) in [6, 6.07) is 8.36. The van der Waals surface area contributed by atoms with Crippen molar-refractivity contribution in [3.8, 4) is 5.75 Å². The van der Waals surface area contributed by atoms with Gasteiger partial charge in [-0.2, -0.15) is 5.10 Å². The van der Waals surface area contributed by atoms with E-state index in [1.54, 1.807) is 37.4 Å². The lowest BCUT2D eigenvalue weighted by Gasteiger charge is -2.17. The maximum absolute atomic E-state index is 12.5. The van der Waals surface area contributed by atoms with Crippen LogP contribution in [0.2, 0.25) is 0 Å². The first-order valence-electron chi connectivity index (χ1n) is 7.47. The molecule has 0 aliphatic rings. The van der Waals surface area contributed by atoms with Gasteiger partial charge in [0.25, 0.3) is 5.91 Å². The number of aromatic nitrogens is 2. The predicted octanol–water partition coefficient (Wildman–Crippen LogP) is 2.45. The molecule has 0 fully saturated rings. The molecule has 0 radical (unpaired) electrons. The molecule has 7 heteroatoms. The van der Waals surface area contributed by atoms with Crippen molar-refractivity contribution in [3.05, 3.63) is 41.7 Å². The molecule has 0 aliphatic heterocycles. The zero-order valence-electron chi connectivity index (χ0n) is 14.2. The van der Waals surface area contributed by atoms with E-state index in [1.807, 2.05) is 20.8 Å². The standard InChI is InChI=1S/C17H21N3O4/c1-17(2,3)14-9-13(18-19-14)16(23)20(4)11-5-7-12(8-6-11)24-10-15(21)22/h5-9H,10H2,1-4H3,(H,18,19)(H,21,22). The molecule has 0 bridgehead atoms. The Balaban J connectivity index is 2.10. The molecule has 0 saturated heterocycles. The highest BCUT2D eigenvalue weighted by Gasteiger charge is 2.21. The number of benzene rings is 1. The maximum Gasteiger partial charge on any atom is 0.341 e. The van der Waals surface area contributed by atoms with Gasteiger partial charge in [-0.1, -0.05) is 20.8 Å². The van der Waals surface area contributed by atoms with Gasteiger partial charge < -0.3 is 14.7 Å². The van der Waals surface area contributed by atoms with Crippen molar-refractivity contribution in [2.45, 2.75) is 26.2 Å². The Labute approximate surface area is 140 Å². The van der Waals surface area contributed by atoms with E-state index in [0.29, 0.717) is 17.1 Å². The Hall–Kier alpha value is -2.83. The molecule has 1 aromatic carbocycles. The Morgan fingerprint density at radius 2 is 1.88 bits per heavy atom. The van der Waals surface area contributed by atoms with E-state index in [9.17, 15) is 9.59 Å². The number of nitrogens with zero attached hydrogens (tertiary/aromatic N) is 2. The van der Waals surface area contributed by atoms with Crippen molar-refractivity contribution >= 4 is 17.6 Å². The smallest absolute Gasteiger partial charge is 0.341 e. The molecule has 2 N–H and O–H groups in total. The van der Waals surface area contributed by atoms with Gasteiger partial charge in [0.05, 0.1) is 0 Å². The highest BCUT2D eigenvalue weighted by Crippen LogP contribution is 2.23. The van der Waals surface area contributed by atoms with Gasteiger partial charge in [-0.25, -0.2) is 4.79 Å². The Morgan fingerprint density at radius 1 is 1.25 bits per heavy atom. The number of carbonyl (C=O) groups excluding carboxylic acids is 1. The summed E-state index contributed by atoms with van der Waals surface area (Å²) in [5, 5.41) is 15.6. The number of ether oxygens (including phenoxy) is 1. The second kappa shape index (κ2) is 6.74. The number of carbonyl (C=O) groups is 2. The largest absolute Gasteiger partial charge is 0.482 e.